The number of carbonyl (C=O) groups excluding carboxylic acids is 5. The average molecular weight is 711 g/mol. The molecule has 4 aromatic rings. The zero-order valence-electron chi connectivity index (χ0n) is 29.6. The van der Waals surface area contributed by atoms with Crippen LogP contribution in [0.4, 0.5) is 0 Å². The Kier molecular flexibility index (Phi) is 13.0. The summed E-state index contributed by atoms with van der Waals surface area (Å²) in [6.45, 7) is 3.78. The number of nitrogens with one attached hydrogen (secondary N) is 5. The Labute approximate surface area is 302 Å². The number of aromatic nitrogens is 1. The summed E-state index contributed by atoms with van der Waals surface area (Å²) in [5, 5.41) is 12.3. The van der Waals surface area contributed by atoms with Crippen molar-refractivity contribution in [1.29, 1.82) is 0 Å². The van der Waals surface area contributed by atoms with Crippen molar-refractivity contribution in [2.45, 2.75) is 44.8 Å². The summed E-state index contributed by atoms with van der Waals surface area (Å²) < 4.78 is 11.1. The van der Waals surface area contributed by atoms with E-state index in [2.05, 4.69) is 26.3 Å². The minimum Gasteiger partial charge on any atom is -0.492 e. The number of hydrogen-bond acceptors (Lipinski definition) is 7. The molecule has 2 aliphatic rings. The van der Waals surface area contributed by atoms with E-state index in [1.165, 1.54) is 12.0 Å². The highest BCUT2D eigenvalue weighted by atomic mass is 16.5. The molecule has 0 spiro atoms. The molecule has 2 aliphatic heterocycles. The number of aromatic amines is 1. The van der Waals surface area contributed by atoms with Gasteiger partial charge in [0.15, 0.2) is 0 Å². The Bertz CT molecular complexity index is 1840. The first-order valence-electron chi connectivity index (χ1n) is 17.4. The van der Waals surface area contributed by atoms with Crippen molar-refractivity contribution in [3.05, 3.63) is 102 Å². The Morgan fingerprint density at radius 3 is 2.40 bits per heavy atom. The minimum absolute atomic E-state index is 0.0411. The number of carbonyl (C=O) groups is 5. The van der Waals surface area contributed by atoms with Gasteiger partial charge in [-0.2, -0.15) is 0 Å². The van der Waals surface area contributed by atoms with Crippen molar-refractivity contribution in [2.24, 2.45) is 5.92 Å². The standard InChI is InChI=1S/C39H46N6O7/c1-25(2)35-38(49)40-17-19-52-29-15-13-26(14-16-29)21-32(42-36(47)27-9-5-4-6-10-27)37(48)43-33(22-28-23-41-31-12-8-7-11-30(28)31)39(50)45(18-20-51-3)24-34(46)44-35/h4-16,23,25,32-33,35,41H,17-22,24H2,1-3H3,(H,40,49)(H,42,47)(H,43,48)(H,44,46)/t32-,33-,35-/m0/s1. The number of rotatable bonds is 8. The van der Waals surface area contributed by atoms with E-state index in [4.69, 9.17) is 9.47 Å². The second-order valence-electron chi connectivity index (χ2n) is 13.0. The predicted molar refractivity (Wildman–Crippen MR) is 196 cm³/mol. The van der Waals surface area contributed by atoms with Gasteiger partial charge in [0.25, 0.3) is 5.91 Å². The highest BCUT2D eigenvalue weighted by Gasteiger charge is 2.33. The lowest BCUT2D eigenvalue weighted by atomic mass is 10.0. The van der Waals surface area contributed by atoms with Gasteiger partial charge in [0.1, 0.15) is 30.5 Å². The maximum Gasteiger partial charge on any atom is 0.251 e. The number of para-hydroxylation sites is 1. The quantitative estimate of drug-likeness (QED) is 0.175. The molecule has 0 saturated carbocycles. The summed E-state index contributed by atoms with van der Waals surface area (Å²) in [4.78, 5) is 73.3. The van der Waals surface area contributed by atoms with E-state index in [0.29, 0.717) is 11.3 Å². The number of nitrogens with zero attached hydrogens (tertiary/aromatic N) is 1. The minimum atomic E-state index is -1.14. The first-order valence-corrected chi connectivity index (χ1v) is 17.4. The second-order valence-corrected chi connectivity index (χ2v) is 13.0. The summed E-state index contributed by atoms with van der Waals surface area (Å²) >= 11 is 0. The third kappa shape index (κ3) is 9.97. The molecule has 1 aromatic heterocycles. The molecule has 52 heavy (non-hydrogen) atoms. The number of benzene rings is 3. The van der Waals surface area contributed by atoms with Crippen LogP contribution >= 0.6 is 0 Å². The van der Waals surface area contributed by atoms with Crippen molar-refractivity contribution in [1.82, 2.24) is 31.2 Å². The largest absolute Gasteiger partial charge is 0.492 e. The summed E-state index contributed by atoms with van der Waals surface area (Å²) in [6.07, 6.45) is 1.99. The van der Waals surface area contributed by atoms with Crippen LogP contribution in [-0.2, 0) is 36.8 Å². The monoisotopic (exact) mass is 710 g/mol. The van der Waals surface area contributed by atoms with Crippen LogP contribution in [0.1, 0.15) is 35.3 Å². The highest BCUT2D eigenvalue weighted by Crippen LogP contribution is 2.20. The Morgan fingerprint density at radius 1 is 0.942 bits per heavy atom. The molecule has 0 unspecified atom stereocenters. The van der Waals surface area contributed by atoms with Gasteiger partial charge in [-0.25, -0.2) is 0 Å². The van der Waals surface area contributed by atoms with Crippen LogP contribution in [-0.4, -0.2) is 97.5 Å². The van der Waals surface area contributed by atoms with Crippen molar-refractivity contribution in [3.8, 4) is 5.75 Å². The van der Waals surface area contributed by atoms with Crippen molar-refractivity contribution < 1.29 is 33.4 Å². The summed E-state index contributed by atoms with van der Waals surface area (Å²) in [5.74, 6) is -2.18. The third-order valence-corrected chi connectivity index (χ3v) is 8.88. The van der Waals surface area contributed by atoms with Gasteiger partial charge >= 0.3 is 0 Å². The van der Waals surface area contributed by atoms with Gasteiger partial charge < -0.3 is 40.6 Å². The van der Waals surface area contributed by atoms with E-state index in [1.54, 1.807) is 60.8 Å². The summed E-state index contributed by atoms with van der Waals surface area (Å²) in [6, 6.07) is 20.2. The number of hydrogen-bond donors (Lipinski definition) is 5. The van der Waals surface area contributed by atoms with Crippen LogP contribution in [0.3, 0.4) is 0 Å². The first kappa shape index (κ1) is 37.6. The van der Waals surface area contributed by atoms with E-state index >= 15 is 0 Å². The van der Waals surface area contributed by atoms with Crippen LogP contribution in [0.2, 0.25) is 0 Å². The SMILES string of the molecule is COCCN1CC(=O)N[C@@H](C(C)C)C(=O)NCCOc2ccc(cc2)C[C@H](NC(=O)c2ccccc2)C(=O)N[C@@H](Cc2c[nH]c3ccccc23)C1=O. The van der Waals surface area contributed by atoms with Gasteiger partial charge in [-0.05, 0) is 47.4 Å². The molecule has 3 atom stereocenters. The van der Waals surface area contributed by atoms with E-state index < -0.39 is 41.8 Å². The Balaban J connectivity index is 1.52. The van der Waals surface area contributed by atoms with Crippen molar-refractivity contribution in [3.63, 3.8) is 0 Å². The molecule has 5 amide bonds. The summed E-state index contributed by atoms with van der Waals surface area (Å²) in [7, 11) is 1.48. The van der Waals surface area contributed by atoms with E-state index in [-0.39, 0.29) is 57.5 Å². The fourth-order valence-electron chi connectivity index (χ4n) is 6.06. The molecule has 13 nitrogen and oxygen atoms in total. The molecule has 5 N–H and O–H groups in total. The number of ether oxygens (including phenoxy) is 2. The van der Waals surface area contributed by atoms with Gasteiger partial charge in [0.2, 0.25) is 23.6 Å². The first-order chi connectivity index (χ1) is 25.1. The second kappa shape index (κ2) is 18.0. The molecule has 2 bridgehead atoms. The molecule has 0 saturated heterocycles. The predicted octanol–water partition coefficient (Wildman–Crippen LogP) is 2.36. The molecular weight excluding hydrogens is 664 g/mol. The van der Waals surface area contributed by atoms with Crippen LogP contribution in [0.15, 0.2) is 85.1 Å². The molecular formula is C39H46N6O7. The summed E-state index contributed by atoms with van der Waals surface area (Å²) in [5.41, 5.74) is 2.75. The van der Waals surface area contributed by atoms with Gasteiger partial charge in [0, 0.05) is 49.2 Å². The third-order valence-electron chi connectivity index (χ3n) is 8.88. The Morgan fingerprint density at radius 2 is 1.67 bits per heavy atom. The van der Waals surface area contributed by atoms with E-state index in [0.717, 1.165) is 22.0 Å². The lowest BCUT2D eigenvalue weighted by molar-refractivity contribution is -0.141. The molecule has 3 heterocycles. The normalized spacial score (nSPS) is 19.5. The topological polar surface area (TPSA) is 171 Å². The number of fused-ring (bicyclic) bond motifs is 18. The number of amides is 5. The zero-order valence-corrected chi connectivity index (χ0v) is 29.6. The highest BCUT2D eigenvalue weighted by molar-refractivity contribution is 5.99. The van der Waals surface area contributed by atoms with Crippen LogP contribution in [0, 0.1) is 5.92 Å². The van der Waals surface area contributed by atoms with Gasteiger partial charge in [-0.1, -0.05) is 62.4 Å². The van der Waals surface area contributed by atoms with Crippen LogP contribution in [0.5, 0.6) is 5.75 Å². The maximum atomic E-state index is 14.5. The van der Waals surface area contributed by atoms with Gasteiger partial charge in [-0.3, -0.25) is 24.0 Å². The molecule has 0 radical (unpaired) electrons. The van der Waals surface area contributed by atoms with Crippen molar-refractivity contribution in [2.75, 3.05) is 40.0 Å². The maximum absolute atomic E-state index is 14.5. The van der Waals surface area contributed by atoms with Crippen LogP contribution in [0.25, 0.3) is 10.9 Å². The fraction of sp³-hybridized carbons (Fsp3) is 0.359. The van der Waals surface area contributed by atoms with Crippen molar-refractivity contribution >= 4 is 40.4 Å². The molecule has 13 heteroatoms. The molecule has 3 aromatic carbocycles. The number of methoxy groups -OCH3 is 1. The molecule has 0 fully saturated rings. The van der Waals surface area contributed by atoms with E-state index in [1.807, 2.05) is 38.1 Å². The molecule has 6 rings (SSSR count). The lowest BCUT2D eigenvalue weighted by Crippen LogP contribution is -2.58. The van der Waals surface area contributed by atoms with Gasteiger partial charge in [-0.15, -0.1) is 0 Å². The van der Waals surface area contributed by atoms with E-state index in [9.17, 15) is 24.0 Å². The molecule has 274 valence electrons. The fourth-order valence-corrected chi connectivity index (χ4v) is 6.06. The molecule has 0 aliphatic carbocycles. The Hall–Kier alpha value is -5.69. The average Bonchev–Trinajstić information content (AvgIpc) is 3.56. The smallest absolute Gasteiger partial charge is 0.251 e. The zero-order chi connectivity index (χ0) is 37.0. The number of H-pyrrole nitrogens is 1. The van der Waals surface area contributed by atoms with Crippen LogP contribution < -0.4 is 26.0 Å². The van der Waals surface area contributed by atoms with Gasteiger partial charge in [0.05, 0.1) is 19.7 Å². The lowest BCUT2D eigenvalue weighted by Gasteiger charge is -2.30.